The van der Waals surface area contributed by atoms with Crippen LogP contribution in [0.3, 0.4) is 0 Å². The van der Waals surface area contributed by atoms with Crippen LogP contribution >= 0.6 is 23.5 Å². The molecule has 222 valence electrons. The Labute approximate surface area is 229 Å². The van der Waals surface area contributed by atoms with Gasteiger partial charge < -0.3 is 29.8 Å². The molecule has 4 rings (SSSR count). The number of rotatable bonds is 13. The van der Waals surface area contributed by atoms with Crippen LogP contribution < -0.4 is 5.32 Å². The fourth-order valence-corrected chi connectivity index (χ4v) is 6.98. The maximum Gasteiger partial charge on any atom is 0.492 e. The number of nitrogens with zero attached hydrogens (tertiary/aromatic N) is 5. The van der Waals surface area contributed by atoms with Crippen molar-refractivity contribution < 1.29 is 60.8 Å². The van der Waals surface area contributed by atoms with Crippen molar-refractivity contribution in [1.29, 1.82) is 0 Å². The molecule has 1 aliphatic rings. The Kier molecular flexibility index (Phi) is 8.91. The van der Waals surface area contributed by atoms with E-state index in [-0.39, 0.29) is 41.4 Å². The van der Waals surface area contributed by atoms with Crippen LogP contribution in [-0.2, 0) is 42.6 Å². The van der Waals surface area contributed by atoms with Gasteiger partial charge >= 0.3 is 23.5 Å². The van der Waals surface area contributed by atoms with E-state index in [0.29, 0.717) is 12.7 Å². The summed E-state index contributed by atoms with van der Waals surface area (Å²) in [6.07, 6.45) is 1.41. The van der Waals surface area contributed by atoms with Crippen molar-refractivity contribution in [1.82, 2.24) is 19.5 Å². The summed E-state index contributed by atoms with van der Waals surface area (Å²) in [7, 11) is -15.4. The number of benzene rings is 1. The van der Waals surface area contributed by atoms with E-state index in [0.717, 1.165) is 0 Å². The molecule has 1 aromatic carbocycles. The monoisotopic (exact) mass is 638 g/mol. The molecule has 1 aliphatic heterocycles. The van der Waals surface area contributed by atoms with Crippen molar-refractivity contribution in [3.63, 3.8) is 0 Å². The third-order valence-corrected chi connectivity index (χ3v) is 9.44. The number of nitro groups is 1. The maximum atomic E-state index is 12.2. The van der Waals surface area contributed by atoms with Crippen LogP contribution in [0.5, 0.6) is 0 Å². The predicted molar refractivity (Wildman–Crippen MR) is 135 cm³/mol. The maximum absolute atomic E-state index is 12.2. The molecule has 0 radical (unpaired) electrons. The van der Waals surface area contributed by atoms with Gasteiger partial charge in [0.1, 0.15) is 25.0 Å². The number of hydrogen-bond donors (Lipinski definition) is 5. The van der Waals surface area contributed by atoms with Crippen LogP contribution in [0, 0.1) is 10.1 Å². The number of nitro benzene ring substituents is 1. The summed E-state index contributed by atoms with van der Waals surface area (Å²) >= 11 is 0. The third kappa shape index (κ3) is 7.52. The van der Waals surface area contributed by atoms with Crippen molar-refractivity contribution in [3.8, 4) is 0 Å². The molecule has 2 unspecified atom stereocenters. The zero-order chi connectivity index (χ0) is 30.0. The van der Waals surface area contributed by atoms with Gasteiger partial charge in [0.15, 0.2) is 29.0 Å². The van der Waals surface area contributed by atoms with Crippen molar-refractivity contribution in [2.24, 2.45) is 0 Å². The first-order valence-electron chi connectivity index (χ1n) is 11.0. The highest BCUT2D eigenvalue weighted by atomic mass is 31.3. The van der Waals surface area contributed by atoms with Gasteiger partial charge in [-0.15, -0.1) is 0 Å². The summed E-state index contributed by atoms with van der Waals surface area (Å²) in [6.45, 7) is -0.849. The molecule has 5 N–H and O–H groups in total. The number of phosphoric ester groups is 1. The first-order chi connectivity index (χ1) is 19.2. The van der Waals surface area contributed by atoms with E-state index >= 15 is 0 Å². The molecule has 0 aliphatic carbocycles. The molecule has 0 amide bonds. The van der Waals surface area contributed by atoms with Crippen molar-refractivity contribution >= 4 is 46.1 Å². The average molecular weight is 638 g/mol. The number of nitrogens with one attached hydrogen (secondary N) is 1. The van der Waals surface area contributed by atoms with Gasteiger partial charge in [-0.05, 0) is 0 Å². The van der Waals surface area contributed by atoms with Crippen molar-refractivity contribution in [3.05, 3.63) is 64.1 Å². The number of anilines is 1. The van der Waals surface area contributed by atoms with Crippen molar-refractivity contribution in [2.75, 3.05) is 19.0 Å². The fourth-order valence-electron chi connectivity index (χ4n) is 3.54. The number of aromatic nitrogens is 4. The van der Waals surface area contributed by atoms with Gasteiger partial charge in [0.2, 0.25) is 0 Å². The van der Waals surface area contributed by atoms with Gasteiger partial charge in [0.25, 0.3) is 5.69 Å². The van der Waals surface area contributed by atoms with E-state index < -0.39 is 47.0 Å². The predicted octanol–water partition coefficient (Wildman–Crippen LogP) is 3.03. The number of para-hydroxylation sites is 1. The zero-order valence-electron chi connectivity index (χ0n) is 20.6. The summed E-state index contributed by atoms with van der Waals surface area (Å²) < 4.78 is 58.9. The zero-order valence-corrected chi connectivity index (χ0v) is 23.3. The molecule has 41 heavy (non-hydrogen) atoms. The fraction of sp³-hybridized carbons (Fsp3) is 0.278. The second-order valence-corrected chi connectivity index (χ2v) is 12.7. The van der Waals surface area contributed by atoms with Gasteiger partial charge in [0, 0.05) is 25.3 Å². The highest BCUT2D eigenvalue weighted by Gasteiger charge is 2.43. The second kappa shape index (κ2) is 11.9. The standard InChI is InChI=1S/C18H21N6O14P3/c1-34-41(33,37-39(28,29)30)38-40(31,32)35-8-14-13(25)6-15(36-14)23-10-22-16-17(20-9-21-18(16)23)19-7-11-4-2-3-5-12(11)24(26)27/h2-5,9-10,15,25H,6-8H2,1H3,(H,31,32)(H,19,20,21)(H2,28,29,30)/t15-,41?/m1/s1. The SMILES string of the molecule is COP(=O)(OP(=O)(O)O)OP(=O)(O)OCC1=C(O)C[C@H](n2cnc3c(NCc4ccccc4[N+](=O)[O-])ncnc32)O1. The molecule has 0 bridgehead atoms. The van der Waals surface area contributed by atoms with Crippen LogP contribution in [0.15, 0.2) is 48.4 Å². The molecular formula is C18H21N6O14P3. The third-order valence-electron chi connectivity index (χ3n) is 5.26. The lowest BCUT2D eigenvalue weighted by Crippen LogP contribution is -2.10. The molecule has 3 aromatic rings. The molecule has 0 saturated carbocycles. The summed E-state index contributed by atoms with van der Waals surface area (Å²) in [5.41, 5.74) is 0.842. The van der Waals surface area contributed by atoms with E-state index in [1.165, 1.54) is 23.3 Å². The number of imidazole rings is 1. The van der Waals surface area contributed by atoms with Crippen LogP contribution in [0.1, 0.15) is 18.2 Å². The van der Waals surface area contributed by atoms with Gasteiger partial charge in [-0.25, -0.2) is 28.6 Å². The van der Waals surface area contributed by atoms with Gasteiger partial charge in [-0.1, -0.05) is 18.2 Å². The minimum atomic E-state index is -5.45. The minimum absolute atomic E-state index is 0.0539. The van der Waals surface area contributed by atoms with Crippen LogP contribution in [-0.4, -0.2) is 57.9 Å². The average Bonchev–Trinajstić information content (AvgIpc) is 3.48. The molecule has 0 spiro atoms. The molecule has 23 heteroatoms. The summed E-state index contributed by atoms with van der Waals surface area (Å²) in [5.74, 6) is -0.479. The Bertz CT molecular complexity index is 1640. The first-order valence-corrected chi connectivity index (χ1v) is 15.5. The smallest absolute Gasteiger partial charge is 0.492 e. The molecular weight excluding hydrogens is 617 g/mol. The lowest BCUT2D eigenvalue weighted by Gasteiger charge is -2.19. The number of aliphatic hydroxyl groups excluding tert-OH is 1. The van der Waals surface area contributed by atoms with Gasteiger partial charge in [-0.2, -0.15) is 8.62 Å². The van der Waals surface area contributed by atoms with Crippen LogP contribution in [0.4, 0.5) is 11.5 Å². The number of phosphoric acid groups is 3. The molecule has 3 atom stereocenters. The molecule has 0 saturated heterocycles. The van der Waals surface area contributed by atoms with Gasteiger partial charge in [-0.3, -0.25) is 23.7 Å². The highest BCUT2D eigenvalue weighted by molar-refractivity contribution is 7.67. The summed E-state index contributed by atoms with van der Waals surface area (Å²) in [5, 5.41) is 24.6. The van der Waals surface area contributed by atoms with E-state index in [1.807, 2.05) is 0 Å². The number of fused-ring (bicyclic) bond motifs is 1. The Morgan fingerprint density at radius 3 is 2.59 bits per heavy atom. The molecule has 3 heterocycles. The first kappa shape index (κ1) is 30.7. The van der Waals surface area contributed by atoms with Crippen molar-refractivity contribution in [2.45, 2.75) is 19.2 Å². The number of ether oxygens (including phenoxy) is 1. The minimum Gasteiger partial charge on any atom is -0.508 e. The largest absolute Gasteiger partial charge is 0.508 e. The van der Waals surface area contributed by atoms with E-state index in [1.54, 1.807) is 18.2 Å². The van der Waals surface area contributed by atoms with E-state index in [4.69, 9.17) is 14.5 Å². The number of hydrogen-bond acceptors (Lipinski definition) is 15. The molecule has 0 fully saturated rings. The highest BCUT2D eigenvalue weighted by Crippen LogP contribution is 2.68. The Hall–Kier alpha value is -3.28. The summed E-state index contributed by atoms with van der Waals surface area (Å²) in [4.78, 5) is 50.7. The van der Waals surface area contributed by atoms with E-state index in [2.05, 4.69) is 37.9 Å². The second-order valence-electron chi connectivity index (χ2n) is 7.96. The lowest BCUT2D eigenvalue weighted by atomic mass is 10.2. The van der Waals surface area contributed by atoms with Crippen LogP contribution in [0.2, 0.25) is 0 Å². The van der Waals surface area contributed by atoms with Crippen LogP contribution in [0.25, 0.3) is 11.2 Å². The Morgan fingerprint density at radius 2 is 1.90 bits per heavy atom. The summed E-state index contributed by atoms with van der Waals surface area (Å²) in [6, 6.07) is 6.15. The Morgan fingerprint density at radius 1 is 1.17 bits per heavy atom. The quantitative estimate of drug-likeness (QED) is 0.102. The Balaban J connectivity index is 1.43. The molecule has 2 aromatic heterocycles. The molecule has 20 nitrogen and oxygen atoms in total. The van der Waals surface area contributed by atoms with Gasteiger partial charge in [0.05, 0.1) is 11.3 Å². The topological polar surface area (TPSA) is 277 Å². The van der Waals surface area contributed by atoms with E-state index in [9.17, 15) is 33.8 Å². The lowest BCUT2D eigenvalue weighted by molar-refractivity contribution is -0.385. The number of aliphatic hydroxyl groups is 1. The normalized spacial score (nSPS) is 18.6.